The van der Waals surface area contributed by atoms with E-state index in [1.807, 2.05) is 0 Å². The molecule has 0 radical (unpaired) electrons. The molecule has 0 bridgehead atoms. The molecule has 1 aliphatic heterocycles. The summed E-state index contributed by atoms with van der Waals surface area (Å²) in [6.45, 7) is 3.90. The van der Waals surface area contributed by atoms with Crippen molar-refractivity contribution in [3.05, 3.63) is 0 Å². The van der Waals surface area contributed by atoms with Crippen LogP contribution in [0.15, 0.2) is 0 Å². The van der Waals surface area contributed by atoms with Crippen LogP contribution in [0.5, 0.6) is 0 Å². The molecule has 2 fully saturated rings. The number of nitrogens with zero attached hydrogens (tertiary/aromatic N) is 1. The first-order chi connectivity index (χ1) is 7.22. The molecule has 1 saturated carbocycles. The van der Waals surface area contributed by atoms with Gasteiger partial charge in [0.1, 0.15) is 0 Å². The lowest BCUT2D eigenvalue weighted by atomic mass is 10.00. The van der Waals surface area contributed by atoms with E-state index < -0.39 is 0 Å². The summed E-state index contributed by atoms with van der Waals surface area (Å²) >= 11 is 0. The summed E-state index contributed by atoms with van der Waals surface area (Å²) in [7, 11) is 2.25. The van der Waals surface area contributed by atoms with Gasteiger partial charge in [0.05, 0.1) is 6.10 Å². The maximum absolute atomic E-state index is 5.88. The third kappa shape index (κ3) is 2.71. The molecule has 2 N–H and O–H groups in total. The van der Waals surface area contributed by atoms with Crippen LogP contribution in [0.25, 0.3) is 0 Å². The highest BCUT2D eigenvalue weighted by atomic mass is 16.5. The van der Waals surface area contributed by atoms with Gasteiger partial charge in [-0.3, -0.25) is 4.90 Å². The minimum atomic E-state index is 0.420. The molecule has 88 valence electrons. The molecule has 1 heterocycles. The summed E-state index contributed by atoms with van der Waals surface area (Å²) in [5.41, 5.74) is 5.88. The van der Waals surface area contributed by atoms with Crippen molar-refractivity contribution in [2.45, 2.75) is 50.8 Å². The van der Waals surface area contributed by atoms with Gasteiger partial charge < -0.3 is 10.5 Å². The number of hydrogen-bond donors (Lipinski definition) is 1. The number of rotatable bonds is 4. The highest BCUT2D eigenvalue weighted by molar-refractivity contribution is 4.91. The van der Waals surface area contributed by atoms with Crippen molar-refractivity contribution in [1.29, 1.82) is 0 Å². The van der Waals surface area contributed by atoms with Crippen molar-refractivity contribution < 1.29 is 4.74 Å². The lowest BCUT2D eigenvalue weighted by Gasteiger charge is -2.38. The fraction of sp³-hybridized carbons (Fsp3) is 1.00. The van der Waals surface area contributed by atoms with Crippen LogP contribution >= 0.6 is 0 Å². The second kappa shape index (κ2) is 4.81. The Morgan fingerprint density at radius 1 is 1.40 bits per heavy atom. The van der Waals surface area contributed by atoms with E-state index in [2.05, 4.69) is 18.9 Å². The highest BCUT2D eigenvalue weighted by Crippen LogP contribution is 2.36. The van der Waals surface area contributed by atoms with E-state index >= 15 is 0 Å². The Hall–Kier alpha value is -0.120. The van der Waals surface area contributed by atoms with Gasteiger partial charge in [-0.2, -0.15) is 0 Å². The summed E-state index contributed by atoms with van der Waals surface area (Å²) in [4.78, 5) is 2.52. The van der Waals surface area contributed by atoms with Crippen LogP contribution in [-0.2, 0) is 4.74 Å². The summed E-state index contributed by atoms with van der Waals surface area (Å²) in [6.07, 6.45) is 5.52. The molecule has 3 nitrogen and oxygen atoms in total. The topological polar surface area (TPSA) is 38.5 Å². The van der Waals surface area contributed by atoms with Crippen LogP contribution in [0.4, 0.5) is 0 Å². The van der Waals surface area contributed by atoms with E-state index in [1.165, 1.54) is 25.7 Å². The summed E-state index contributed by atoms with van der Waals surface area (Å²) in [5.74, 6) is 0.873. The smallest absolute Gasteiger partial charge is 0.0561 e. The van der Waals surface area contributed by atoms with Gasteiger partial charge in [0.2, 0.25) is 0 Å². The van der Waals surface area contributed by atoms with Gasteiger partial charge in [-0.25, -0.2) is 0 Å². The molecule has 0 aromatic heterocycles. The second-order valence-corrected chi connectivity index (χ2v) is 5.17. The van der Waals surface area contributed by atoms with E-state index in [0.717, 1.165) is 19.1 Å². The van der Waals surface area contributed by atoms with Crippen molar-refractivity contribution in [3.63, 3.8) is 0 Å². The third-order valence-electron chi connectivity index (χ3n) is 3.96. The third-order valence-corrected chi connectivity index (χ3v) is 3.96. The lowest BCUT2D eigenvalue weighted by molar-refractivity contribution is -0.0220. The Labute approximate surface area is 93.0 Å². The zero-order chi connectivity index (χ0) is 10.8. The van der Waals surface area contributed by atoms with Crippen LogP contribution in [0.1, 0.15) is 32.6 Å². The van der Waals surface area contributed by atoms with Gasteiger partial charge in [0, 0.05) is 25.2 Å². The fourth-order valence-electron chi connectivity index (χ4n) is 2.79. The highest BCUT2D eigenvalue weighted by Gasteiger charge is 2.36. The van der Waals surface area contributed by atoms with Crippen molar-refractivity contribution in [2.75, 3.05) is 20.2 Å². The number of nitrogens with two attached hydrogens (primary N) is 1. The summed E-state index contributed by atoms with van der Waals surface area (Å²) < 4.78 is 5.59. The monoisotopic (exact) mass is 212 g/mol. The Bertz CT molecular complexity index is 206. The fourth-order valence-corrected chi connectivity index (χ4v) is 2.79. The van der Waals surface area contributed by atoms with Gasteiger partial charge in [-0.15, -0.1) is 0 Å². The SMILES string of the molecule is CC1CC(N(C)C(CN)C2CC2)CCO1. The number of likely N-dealkylation sites (N-methyl/N-ethyl adjacent to an activating group) is 1. The lowest BCUT2D eigenvalue weighted by Crippen LogP contribution is -2.48. The number of hydrogen-bond acceptors (Lipinski definition) is 3. The minimum Gasteiger partial charge on any atom is -0.378 e. The predicted octanol–water partition coefficient (Wildman–Crippen LogP) is 1.22. The van der Waals surface area contributed by atoms with Gasteiger partial charge >= 0.3 is 0 Å². The largest absolute Gasteiger partial charge is 0.378 e. The standard InChI is InChI=1S/C12H24N2O/c1-9-7-11(5-6-15-9)14(2)12(8-13)10-3-4-10/h9-12H,3-8,13H2,1-2H3. The zero-order valence-electron chi connectivity index (χ0n) is 9.98. The quantitative estimate of drug-likeness (QED) is 0.761. The molecule has 0 spiro atoms. The molecule has 0 aromatic carbocycles. The summed E-state index contributed by atoms with van der Waals surface area (Å²) in [5, 5.41) is 0. The van der Waals surface area contributed by atoms with E-state index in [0.29, 0.717) is 18.2 Å². The van der Waals surface area contributed by atoms with Crippen LogP contribution in [0, 0.1) is 5.92 Å². The predicted molar refractivity (Wildman–Crippen MR) is 61.8 cm³/mol. The molecular formula is C12H24N2O. The average molecular weight is 212 g/mol. The van der Waals surface area contributed by atoms with Crippen molar-refractivity contribution >= 4 is 0 Å². The maximum atomic E-state index is 5.88. The molecule has 0 amide bonds. The average Bonchev–Trinajstić information content (AvgIpc) is 3.03. The molecular weight excluding hydrogens is 188 g/mol. The molecule has 2 aliphatic rings. The van der Waals surface area contributed by atoms with E-state index in [9.17, 15) is 0 Å². The van der Waals surface area contributed by atoms with E-state index in [-0.39, 0.29) is 0 Å². The van der Waals surface area contributed by atoms with Crippen molar-refractivity contribution in [2.24, 2.45) is 11.7 Å². The van der Waals surface area contributed by atoms with Gasteiger partial charge in [-0.05, 0) is 45.6 Å². The maximum Gasteiger partial charge on any atom is 0.0561 e. The van der Waals surface area contributed by atoms with Crippen LogP contribution in [-0.4, -0.2) is 43.3 Å². The Balaban J connectivity index is 1.89. The van der Waals surface area contributed by atoms with Gasteiger partial charge in [0.25, 0.3) is 0 Å². The molecule has 1 saturated heterocycles. The normalized spacial score (nSPS) is 34.4. The van der Waals surface area contributed by atoms with Crippen molar-refractivity contribution in [3.8, 4) is 0 Å². The first-order valence-corrected chi connectivity index (χ1v) is 6.26. The Morgan fingerprint density at radius 2 is 2.13 bits per heavy atom. The molecule has 3 heteroatoms. The van der Waals surface area contributed by atoms with Gasteiger partial charge in [-0.1, -0.05) is 0 Å². The second-order valence-electron chi connectivity index (χ2n) is 5.17. The van der Waals surface area contributed by atoms with Gasteiger partial charge in [0.15, 0.2) is 0 Å². The Morgan fingerprint density at radius 3 is 2.67 bits per heavy atom. The van der Waals surface area contributed by atoms with E-state index in [4.69, 9.17) is 10.5 Å². The first-order valence-electron chi connectivity index (χ1n) is 6.26. The number of ether oxygens (including phenoxy) is 1. The van der Waals surface area contributed by atoms with E-state index in [1.54, 1.807) is 0 Å². The Kier molecular flexibility index (Phi) is 3.65. The molecule has 15 heavy (non-hydrogen) atoms. The molecule has 3 atom stereocenters. The molecule has 2 rings (SSSR count). The minimum absolute atomic E-state index is 0.420. The molecule has 1 aliphatic carbocycles. The first kappa shape index (κ1) is 11.4. The summed E-state index contributed by atoms with van der Waals surface area (Å²) in [6, 6.07) is 1.29. The van der Waals surface area contributed by atoms with Crippen LogP contribution in [0.3, 0.4) is 0 Å². The van der Waals surface area contributed by atoms with Crippen LogP contribution in [0.2, 0.25) is 0 Å². The van der Waals surface area contributed by atoms with Crippen molar-refractivity contribution in [1.82, 2.24) is 4.90 Å². The molecule has 0 aromatic rings. The molecule has 3 unspecified atom stereocenters. The zero-order valence-corrected chi connectivity index (χ0v) is 9.98. The van der Waals surface area contributed by atoms with Crippen LogP contribution < -0.4 is 5.73 Å².